The Hall–Kier alpha value is -10.1. The van der Waals surface area contributed by atoms with E-state index in [0.29, 0.717) is 122 Å². The molecule has 4 aliphatic rings. The number of aromatic amines is 2. The van der Waals surface area contributed by atoms with Gasteiger partial charge in [0, 0.05) is 55.5 Å². The van der Waals surface area contributed by atoms with Gasteiger partial charge < -0.3 is 40.3 Å². The molecule has 3 fully saturated rings. The minimum Gasteiger partial charge on any atom is -0.390 e. The Balaban J connectivity index is 0.000000126. The first-order valence-electron chi connectivity index (χ1n) is 31.8. The zero-order valence-corrected chi connectivity index (χ0v) is 53.1. The van der Waals surface area contributed by atoms with Crippen LogP contribution in [0.1, 0.15) is 44.8 Å². The number of aromatic nitrogens is 12. The number of H-pyrrole nitrogens is 2. The van der Waals surface area contributed by atoms with Gasteiger partial charge in [-0.1, -0.05) is 60.2 Å². The van der Waals surface area contributed by atoms with Crippen molar-refractivity contribution in [2.24, 2.45) is 0 Å². The summed E-state index contributed by atoms with van der Waals surface area (Å²) in [4.78, 5) is 29.9. The van der Waals surface area contributed by atoms with E-state index in [-0.39, 0.29) is 41.2 Å². The number of piperidine rings is 2. The number of nitrogens with zero attached hydrogens (tertiary/aromatic N) is 12. The van der Waals surface area contributed by atoms with Crippen molar-refractivity contribution in [3.05, 3.63) is 199 Å². The number of aliphatic hydroxyl groups is 4. The number of hydrogen-bond donors (Lipinski definition) is 7. The molecule has 10 heterocycles. The standard InChI is InChI=1S/C22H17ClF2N4O.2C22H19F2N5O2.C5H9N/c23-19-12-26-11-17(27-19)22-14-10-13(21-15(24)4-3-5-16(21)25)7-8-18(14)29(28-22)20-6-1-2-9-30-20;2*23-14-2-1-3-15(24)21(14)12-4-5-16-13(8-12)22(28-27-16)17-9-25-10-20(26-17)29-7-6-18(30)19(31)11-29;1-2-4-6-5-3-1/h3-5,7-8,10-12,20H,1-2,6,9H2;2*1-5,8-10,18-19,30-31H,6-7,11H2,(H,27,28);1-2,6H,3-5H2/t;2*18-,19+;/m.10./s1. The van der Waals surface area contributed by atoms with E-state index < -0.39 is 59.3 Å². The minimum absolute atomic E-state index is 0.0794. The molecule has 5 atom stereocenters. The summed E-state index contributed by atoms with van der Waals surface area (Å²) < 4.78 is 93.6. The van der Waals surface area contributed by atoms with E-state index in [1.807, 2.05) is 20.5 Å². The van der Waals surface area contributed by atoms with Gasteiger partial charge in [0.1, 0.15) is 85.9 Å². The lowest BCUT2D eigenvalue weighted by Crippen LogP contribution is -2.47. The van der Waals surface area contributed by atoms with Gasteiger partial charge in [-0.2, -0.15) is 15.3 Å². The van der Waals surface area contributed by atoms with E-state index in [1.165, 1.54) is 67.2 Å². The van der Waals surface area contributed by atoms with Gasteiger partial charge in [-0.05, 0) is 135 Å². The summed E-state index contributed by atoms with van der Waals surface area (Å²) in [6.45, 7) is 4.46. The average molecular weight is 1360 g/mol. The van der Waals surface area contributed by atoms with Crippen molar-refractivity contribution in [1.82, 2.24) is 65.4 Å². The van der Waals surface area contributed by atoms with Crippen LogP contribution in [0.4, 0.5) is 38.0 Å². The maximum Gasteiger partial charge on any atom is 0.150 e. The highest BCUT2D eigenvalue weighted by atomic mass is 35.5. The molecule has 6 aromatic heterocycles. The third kappa shape index (κ3) is 14.5. The van der Waals surface area contributed by atoms with Gasteiger partial charge in [0.15, 0.2) is 6.23 Å². The summed E-state index contributed by atoms with van der Waals surface area (Å²) in [5.41, 5.74) is 6.08. The second-order valence-electron chi connectivity index (χ2n) is 23.8. The Morgan fingerprint density at radius 3 is 1.38 bits per heavy atom. The van der Waals surface area contributed by atoms with Crippen molar-refractivity contribution in [3.63, 3.8) is 0 Å². The second kappa shape index (κ2) is 29.7. The van der Waals surface area contributed by atoms with Crippen molar-refractivity contribution in [3.8, 4) is 67.5 Å². The van der Waals surface area contributed by atoms with Crippen LogP contribution in [0.25, 0.3) is 100 Å². The van der Waals surface area contributed by atoms with Crippen LogP contribution in [0.3, 0.4) is 0 Å². The molecule has 0 aliphatic carbocycles. The Morgan fingerprint density at radius 1 is 0.490 bits per heavy atom. The summed E-state index contributed by atoms with van der Waals surface area (Å²) >= 11 is 6.04. The smallest absolute Gasteiger partial charge is 0.150 e. The van der Waals surface area contributed by atoms with Crippen molar-refractivity contribution in [2.75, 3.05) is 55.7 Å². The number of nitrogens with one attached hydrogen (secondary N) is 3. The summed E-state index contributed by atoms with van der Waals surface area (Å²) in [6.07, 6.45) is 15.2. The van der Waals surface area contributed by atoms with Crippen molar-refractivity contribution < 1.29 is 51.5 Å². The lowest BCUT2D eigenvalue weighted by Gasteiger charge is -2.34. The molecule has 0 amide bonds. The summed E-state index contributed by atoms with van der Waals surface area (Å²) in [6, 6.07) is 26.6. The molecule has 7 N–H and O–H groups in total. The van der Waals surface area contributed by atoms with Gasteiger partial charge in [-0.3, -0.25) is 25.1 Å². The van der Waals surface area contributed by atoms with E-state index in [1.54, 1.807) is 79.5 Å². The third-order valence-electron chi connectivity index (χ3n) is 17.2. The Morgan fingerprint density at radius 2 is 0.959 bits per heavy atom. The molecule has 0 saturated carbocycles. The van der Waals surface area contributed by atoms with Crippen LogP contribution in [-0.2, 0) is 4.74 Å². The molecule has 12 aromatic rings. The first kappa shape index (κ1) is 66.5. The van der Waals surface area contributed by atoms with E-state index in [9.17, 15) is 46.8 Å². The highest BCUT2D eigenvalue weighted by Gasteiger charge is 2.30. The Labute approximate surface area is 561 Å². The zero-order valence-electron chi connectivity index (χ0n) is 52.3. The van der Waals surface area contributed by atoms with Crippen LogP contribution in [0.5, 0.6) is 0 Å². The lowest BCUT2D eigenvalue weighted by atomic mass is 10.0. The molecule has 27 heteroatoms. The van der Waals surface area contributed by atoms with Crippen LogP contribution in [0.2, 0.25) is 5.15 Å². The minimum atomic E-state index is -0.858. The fourth-order valence-electron chi connectivity index (χ4n) is 12.2. The molecule has 3 saturated heterocycles. The van der Waals surface area contributed by atoms with Crippen LogP contribution >= 0.6 is 11.6 Å². The van der Waals surface area contributed by atoms with Crippen molar-refractivity contribution in [1.29, 1.82) is 0 Å². The highest BCUT2D eigenvalue weighted by molar-refractivity contribution is 6.29. The van der Waals surface area contributed by atoms with Crippen LogP contribution in [0.15, 0.2) is 159 Å². The fraction of sp³-hybridized carbons (Fsp3) is 0.254. The predicted octanol–water partition coefficient (Wildman–Crippen LogP) is 12.1. The number of rotatable bonds is 9. The van der Waals surface area contributed by atoms with E-state index in [4.69, 9.17) is 21.4 Å². The predicted molar refractivity (Wildman–Crippen MR) is 359 cm³/mol. The number of fused-ring (bicyclic) bond motifs is 3. The van der Waals surface area contributed by atoms with Crippen molar-refractivity contribution in [2.45, 2.75) is 69.2 Å². The van der Waals surface area contributed by atoms with Gasteiger partial charge in [0.2, 0.25) is 0 Å². The number of aliphatic hydroxyl groups excluding tert-OH is 4. The van der Waals surface area contributed by atoms with Gasteiger partial charge >= 0.3 is 0 Å². The van der Waals surface area contributed by atoms with Crippen LogP contribution in [0, 0.1) is 34.9 Å². The summed E-state index contributed by atoms with van der Waals surface area (Å²) in [5, 5.41) is 64.1. The molecule has 0 bridgehead atoms. The van der Waals surface area contributed by atoms with Gasteiger partial charge in [0.05, 0.1) is 94.8 Å². The number of benzene rings is 6. The highest BCUT2D eigenvalue weighted by Crippen LogP contribution is 2.39. The molecule has 0 spiro atoms. The number of anilines is 2. The Kier molecular flexibility index (Phi) is 20.2. The molecular weight excluding hydrogens is 1290 g/mol. The van der Waals surface area contributed by atoms with Gasteiger partial charge in [-0.15, -0.1) is 0 Å². The second-order valence-corrected chi connectivity index (χ2v) is 24.1. The SMILES string of the molecule is C1=CCNCC1.Fc1cccc(F)c1-c1ccc2c(c1)c(-c1cncc(Cl)n1)nn2C1CCCCO1.O[C@@H]1CCN(c2cncc(-c3n[nH]c4ccc(-c5c(F)cccc5F)cc34)n2)C[C@@H]1O.O[C@@H]1CN(c2cncc(-c3n[nH]c4ccc(-c5c(F)cccc5F)cc34)n2)CC[C@@H]1O. The zero-order chi connectivity index (χ0) is 68.0. The van der Waals surface area contributed by atoms with Crippen molar-refractivity contribution >= 4 is 55.9 Å². The molecule has 502 valence electrons. The molecule has 16 rings (SSSR count). The molecule has 1 unspecified atom stereocenters. The first-order chi connectivity index (χ1) is 47.6. The number of hydrogen-bond acceptors (Lipinski definition) is 17. The van der Waals surface area contributed by atoms with E-state index >= 15 is 0 Å². The largest absolute Gasteiger partial charge is 0.390 e. The van der Waals surface area contributed by atoms with E-state index in [2.05, 4.69) is 67.8 Å². The molecular formula is C71H64ClF6N15O5. The van der Waals surface area contributed by atoms with Gasteiger partial charge in [-0.25, -0.2) is 46.0 Å². The molecule has 0 radical (unpaired) electrons. The quantitative estimate of drug-likeness (QED) is 0.0523. The average Bonchev–Trinajstić information content (AvgIpc) is 1.60. The number of β-amino-alcohol motifs (C(OH)–C–C–N with tert-alkyl or cyclic N) is 2. The van der Waals surface area contributed by atoms with Gasteiger partial charge in [0.25, 0.3) is 0 Å². The van der Waals surface area contributed by atoms with Crippen LogP contribution in [-0.4, -0.2) is 151 Å². The fourth-order valence-corrected chi connectivity index (χ4v) is 12.3. The van der Waals surface area contributed by atoms with E-state index in [0.717, 1.165) is 37.9 Å². The maximum atomic E-state index is 14.4. The normalized spacial score (nSPS) is 18.6. The molecule has 6 aromatic carbocycles. The topological polar surface area (TPSA) is 261 Å². The summed E-state index contributed by atoms with van der Waals surface area (Å²) in [7, 11) is 0. The maximum absolute atomic E-state index is 14.4. The third-order valence-corrected chi connectivity index (χ3v) is 17.4. The summed E-state index contributed by atoms with van der Waals surface area (Å²) in [5.74, 6) is -2.71. The molecule has 98 heavy (non-hydrogen) atoms. The monoisotopic (exact) mass is 1360 g/mol. The lowest BCUT2D eigenvalue weighted by molar-refractivity contribution is -0.0365. The first-order valence-corrected chi connectivity index (χ1v) is 32.2. The van der Waals surface area contributed by atoms with Crippen LogP contribution < -0.4 is 15.1 Å². The molecule has 4 aliphatic heterocycles. The number of ether oxygens (including phenoxy) is 1. The molecule has 20 nitrogen and oxygen atoms in total. The number of halogens is 7. The Bertz CT molecular complexity index is 4600.